The largest absolute Gasteiger partial charge is 0.481 e. The molecule has 9 nitrogen and oxygen atoms in total. The van der Waals surface area contributed by atoms with Gasteiger partial charge in [0.2, 0.25) is 0 Å². The summed E-state index contributed by atoms with van der Waals surface area (Å²) in [7, 11) is 0. The summed E-state index contributed by atoms with van der Waals surface area (Å²) in [5.41, 5.74) is 0.991. The number of carbonyl (C=O) groups is 4. The van der Waals surface area contributed by atoms with Gasteiger partial charge in [-0.3, -0.25) is 19.2 Å². The number of carbonyl (C=O) groups excluding carboxylic acids is 2. The van der Waals surface area contributed by atoms with Crippen LogP contribution in [0.15, 0.2) is 24.3 Å². The molecule has 0 radical (unpaired) electrons. The van der Waals surface area contributed by atoms with Crippen LogP contribution < -0.4 is 0 Å². The monoisotopic (exact) mass is 354 g/mol. The topological polar surface area (TPSA) is 181 Å². The average molecular weight is 354 g/mol. The maximum absolute atomic E-state index is 11.9. The smallest absolute Gasteiger partial charge is 0.317 e. The zero-order chi connectivity index (χ0) is 16.7. The van der Waals surface area contributed by atoms with E-state index in [4.69, 9.17) is 0 Å². The van der Waals surface area contributed by atoms with Crippen molar-refractivity contribution in [2.75, 3.05) is 0 Å². The Balaban J connectivity index is 0.00000156. The Kier molecular flexibility index (Phi) is 6.01. The lowest BCUT2D eigenvalue weighted by Crippen LogP contribution is -2.36. The summed E-state index contributed by atoms with van der Waals surface area (Å²) in [5.74, 6) is -7.38. The maximum Gasteiger partial charge on any atom is 0.317 e. The molecule has 136 valence electrons. The molecule has 9 heteroatoms. The van der Waals surface area contributed by atoms with Crippen LogP contribution in [0.3, 0.4) is 0 Å². The van der Waals surface area contributed by atoms with Crippen LogP contribution in [-0.2, 0) is 23.9 Å². The number of aliphatic carboxylic acids is 2. The molecule has 1 fully saturated rings. The number of rotatable bonds is 3. The number of hydrogen-bond acceptors (Lipinski definition) is 5. The Morgan fingerprint density at radius 1 is 0.960 bits per heavy atom. The molecule has 4 unspecified atom stereocenters. The second kappa shape index (κ2) is 7.41. The molecule has 0 aromatic heterocycles. The molecule has 0 saturated carbocycles. The minimum absolute atomic E-state index is 0. The first-order valence-electron chi connectivity index (χ1n) is 7.19. The molecular formula is C16H18O9. The number of hydrogen-bond donors (Lipinski definition) is 2. The van der Waals surface area contributed by atoms with Crippen LogP contribution in [0.1, 0.15) is 35.8 Å². The van der Waals surface area contributed by atoms with E-state index in [9.17, 15) is 29.4 Å². The first-order valence-corrected chi connectivity index (χ1v) is 7.19. The molecule has 0 amide bonds. The van der Waals surface area contributed by atoms with Crippen LogP contribution in [-0.4, -0.2) is 45.0 Å². The van der Waals surface area contributed by atoms with E-state index in [1.807, 2.05) is 0 Å². The number of carboxylic acid groups (broad SMARTS) is 2. The zero-order valence-corrected chi connectivity index (χ0v) is 13.0. The van der Waals surface area contributed by atoms with Crippen molar-refractivity contribution in [3.63, 3.8) is 0 Å². The summed E-state index contributed by atoms with van der Waals surface area (Å²) in [5, 5.41) is 18.9. The van der Waals surface area contributed by atoms with Gasteiger partial charge >= 0.3 is 23.9 Å². The fourth-order valence-corrected chi connectivity index (χ4v) is 3.61. The number of benzene rings is 1. The number of fused-ring (bicyclic) bond motifs is 1. The highest BCUT2D eigenvalue weighted by molar-refractivity contribution is 5.95. The minimum atomic E-state index is -1.23. The second-order valence-electron chi connectivity index (χ2n) is 5.84. The highest BCUT2D eigenvalue weighted by atomic mass is 16.6. The summed E-state index contributed by atoms with van der Waals surface area (Å²) in [6.07, 6.45) is -0.127. The third kappa shape index (κ3) is 3.37. The highest BCUT2D eigenvalue weighted by Gasteiger charge is 2.49. The lowest BCUT2D eigenvalue weighted by Gasteiger charge is -2.35. The van der Waals surface area contributed by atoms with E-state index < -0.39 is 47.5 Å². The maximum atomic E-state index is 11.9. The molecule has 0 bridgehead atoms. The SMILES string of the molecule is O.O.O=C1CC(C2CC(C(=O)O)C(C(=O)O)c3ccccc32)C(=O)O1. The summed E-state index contributed by atoms with van der Waals surface area (Å²) in [6, 6.07) is 6.59. The van der Waals surface area contributed by atoms with Crippen LogP contribution in [0, 0.1) is 11.8 Å². The van der Waals surface area contributed by atoms with Crippen molar-refractivity contribution >= 4 is 23.9 Å². The van der Waals surface area contributed by atoms with Crippen LogP contribution in [0.5, 0.6) is 0 Å². The van der Waals surface area contributed by atoms with Gasteiger partial charge in [0.25, 0.3) is 0 Å². The number of carboxylic acids is 2. The van der Waals surface area contributed by atoms with E-state index in [0.29, 0.717) is 11.1 Å². The molecule has 1 aliphatic heterocycles. The van der Waals surface area contributed by atoms with Gasteiger partial charge in [-0.15, -0.1) is 0 Å². The van der Waals surface area contributed by atoms with Gasteiger partial charge in [0, 0.05) is 0 Å². The van der Waals surface area contributed by atoms with Gasteiger partial charge < -0.3 is 25.9 Å². The molecular weight excluding hydrogens is 336 g/mol. The molecule has 3 rings (SSSR count). The lowest BCUT2D eigenvalue weighted by molar-refractivity contribution is -0.154. The van der Waals surface area contributed by atoms with Gasteiger partial charge in [0.1, 0.15) is 0 Å². The van der Waals surface area contributed by atoms with Crippen LogP contribution in [0.25, 0.3) is 0 Å². The Bertz CT molecular complexity index is 711. The summed E-state index contributed by atoms with van der Waals surface area (Å²) < 4.78 is 4.57. The van der Waals surface area contributed by atoms with Crippen molar-refractivity contribution in [2.24, 2.45) is 11.8 Å². The third-order valence-electron chi connectivity index (χ3n) is 4.61. The summed E-state index contributed by atoms with van der Waals surface area (Å²) in [4.78, 5) is 46.3. The Labute approximate surface area is 141 Å². The van der Waals surface area contributed by atoms with E-state index in [2.05, 4.69) is 4.74 Å². The van der Waals surface area contributed by atoms with Crippen LogP contribution in [0.2, 0.25) is 0 Å². The average Bonchev–Trinajstić information content (AvgIpc) is 2.83. The molecule has 1 aliphatic carbocycles. The fraction of sp³-hybridized carbons (Fsp3) is 0.375. The Hall–Kier alpha value is -2.78. The van der Waals surface area contributed by atoms with Crippen molar-refractivity contribution < 1.29 is 45.1 Å². The summed E-state index contributed by atoms with van der Waals surface area (Å²) >= 11 is 0. The molecule has 4 atom stereocenters. The molecule has 1 aromatic carbocycles. The third-order valence-corrected chi connectivity index (χ3v) is 4.61. The van der Waals surface area contributed by atoms with Crippen LogP contribution >= 0.6 is 0 Å². The van der Waals surface area contributed by atoms with Gasteiger partial charge in [-0.25, -0.2) is 0 Å². The van der Waals surface area contributed by atoms with Crippen molar-refractivity contribution in [3.05, 3.63) is 35.4 Å². The molecule has 6 N–H and O–H groups in total. The fourth-order valence-electron chi connectivity index (χ4n) is 3.61. The van der Waals surface area contributed by atoms with Crippen molar-refractivity contribution in [1.29, 1.82) is 0 Å². The Morgan fingerprint density at radius 3 is 2.04 bits per heavy atom. The highest BCUT2D eigenvalue weighted by Crippen LogP contribution is 2.48. The molecule has 2 aliphatic rings. The predicted molar refractivity (Wildman–Crippen MR) is 81.7 cm³/mol. The van der Waals surface area contributed by atoms with Crippen molar-refractivity contribution in [2.45, 2.75) is 24.7 Å². The molecule has 1 heterocycles. The van der Waals surface area contributed by atoms with Crippen molar-refractivity contribution in [1.82, 2.24) is 0 Å². The van der Waals surface area contributed by atoms with Gasteiger partial charge in [-0.2, -0.15) is 0 Å². The normalized spacial score (nSPS) is 27.4. The van der Waals surface area contributed by atoms with E-state index >= 15 is 0 Å². The molecule has 0 spiro atoms. The zero-order valence-electron chi connectivity index (χ0n) is 13.0. The quantitative estimate of drug-likeness (QED) is 0.541. The second-order valence-corrected chi connectivity index (χ2v) is 5.84. The first-order chi connectivity index (χ1) is 10.9. The van der Waals surface area contributed by atoms with Gasteiger partial charge in [-0.05, 0) is 23.5 Å². The number of ether oxygens (including phenoxy) is 1. The van der Waals surface area contributed by atoms with Gasteiger partial charge in [0.05, 0.1) is 24.2 Å². The molecule has 25 heavy (non-hydrogen) atoms. The van der Waals surface area contributed by atoms with E-state index in [-0.39, 0.29) is 23.8 Å². The minimum Gasteiger partial charge on any atom is -0.481 e. The molecule has 1 saturated heterocycles. The molecule has 1 aromatic rings. The van der Waals surface area contributed by atoms with Crippen molar-refractivity contribution in [3.8, 4) is 0 Å². The Morgan fingerprint density at radius 2 is 1.56 bits per heavy atom. The number of cyclic esters (lactones) is 2. The van der Waals surface area contributed by atoms with E-state index in [0.717, 1.165) is 0 Å². The standard InChI is InChI=1S/C16H14O7.2H2O/c17-12-6-10(16(22)23-12)9-5-11(14(18)19)13(15(20)21)8-4-2-1-3-7(8)9;;/h1-4,9-11,13H,5-6H2,(H,18,19)(H,20,21);2*1H2. The van der Waals surface area contributed by atoms with Crippen LogP contribution in [0.4, 0.5) is 0 Å². The summed E-state index contributed by atoms with van der Waals surface area (Å²) in [6.45, 7) is 0. The number of esters is 2. The predicted octanol–water partition coefficient (Wildman–Crippen LogP) is -0.517. The van der Waals surface area contributed by atoms with Gasteiger partial charge in [0.15, 0.2) is 0 Å². The first kappa shape index (κ1) is 20.3. The van der Waals surface area contributed by atoms with E-state index in [1.165, 1.54) is 0 Å². The van der Waals surface area contributed by atoms with Gasteiger partial charge in [-0.1, -0.05) is 24.3 Å². The lowest BCUT2D eigenvalue weighted by atomic mass is 9.66. The van der Waals surface area contributed by atoms with E-state index in [1.54, 1.807) is 24.3 Å².